The molecule has 2 rings (SSSR count). The molecule has 1 aromatic heterocycles. The highest BCUT2D eigenvalue weighted by Crippen LogP contribution is 2.14. The van der Waals surface area contributed by atoms with E-state index in [0.29, 0.717) is 11.1 Å². The lowest BCUT2D eigenvalue weighted by Crippen LogP contribution is -2.28. The maximum atomic E-state index is 12.1. The monoisotopic (exact) mass is 349 g/mol. The summed E-state index contributed by atoms with van der Waals surface area (Å²) in [5.41, 5.74) is 0.617. The molecule has 0 aliphatic heterocycles. The number of rotatable bonds is 5. The molecule has 0 bridgehead atoms. The number of sulfonamides is 1. The number of pyridine rings is 1. The minimum atomic E-state index is -3.53. The summed E-state index contributed by atoms with van der Waals surface area (Å²) in [6.45, 7) is 0.101. The average molecular weight is 349 g/mol. The van der Waals surface area contributed by atoms with Crippen LogP contribution in [-0.2, 0) is 23.6 Å². The van der Waals surface area contributed by atoms with Crippen molar-refractivity contribution in [2.24, 2.45) is 7.05 Å². The molecule has 0 fully saturated rings. The number of carbonyl (C=O) groups excluding carboxylic acids is 1. The quantitative estimate of drug-likeness (QED) is 0.854. The van der Waals surface area contributed by atoms with E-state index in [4.69, 9.17) is 0 Å². The van der Waals surface area contributed by atoms with Crippen LogP contribution >= 0.6 is 0 Å². The van der Waals surface area contributed by atoms with Gasteiger partial charge >= 0.3 is 0 Å². The Bertz CT molecular complexity index is 900. The van der Waals surface area contributed by atoms with Crippen molar-refractivity contribution in [2.45, 2.75) is 11.4 Å². The van der Waals surface area contributed by atoms with Crippen LogP contribution < -0.4 is 10.9 Å². The van der Waals surface area contributed by atoms with Crippen LogP contribution in [-0.4, -0.2) is 37.3 Å². The van der Waals surface area contributed by atoms with Gasteiger partial charge in [-0.2, -0.15) is 0 Å². The number of nitrogens with one attached hydrogen (secondary N) is 1. The van der Waals surface area contributed by atoms with E-state index in [-0.39, 0.29) is 22.9 Å². The second kappa shape index (κ2) is 6.98. The van der Waals surface area contributed by atoms with E-state index < -0.39 is 10.0 Å². The second-order valence-electron chi connectivity index (χ2n) is 5.44. The molecule has 1 aromatic carbocycles. The molecule has 0 unspecified atom stereocenters. The Kier molecular flexibility index (Phi) is 5.20. The molecule has 1 N–H and O–H groups in total. The summed E-state index contributed by atoms with van der Waals surface area (Å²) in [5.74, 6) is -0.380. The van der Waals surface area contributed by atoms with Gasteiger partial charge in [-0.25, -0.2) is 12.7 Å². The number of amides is 1. The van der Waals surface area contributed by atoms with Crippen LogP contribution in [0.25, 0.3) is 0 Å². The van der Waals surface area contributed by atoms with Gasteiger partial charge in [-0.3, -0.25) is 9.59 Å². The molecule has 0 spiro atoms. The number of nitrogens with zero attached hydrogens (tertiary/aromatic N) is 2. The highest BCUT2D eigenvalue weighted by Gasteiger charge is 2.17. The topological polar surface area (TPSA) is 88.5 Å². The summed E-state index contributed by atoms with van der Waals surface area (Å²) in [6.07, 6.45) is 1.64. The van der Waals surface area contributed by atoms with E-state index in [0.717, 1.165) is 4.31 Å². The Morgan fingerprint density at radius 1 is 1.17 bits per heavy atom. The Morgan fingerprint density at radius 3 is 2.38 bits per heavy atom. The van der Waals surface area contributed by atoms with Gasteiger partial charge in [0.2, 0.25) is 10.0 Å². The molecule has 1 amide bonds. The van der Waals surface area contributed by atoms with Crippen molar-refractivity contribution < 1.29 is 13.2 Å². The zero-order valence-corrected chi connectivity index (χ0v) is 14.5. The number of hydrogen-bond donors (Lipinski definition) is 1. The molecular weight excluding hydrogens is 330 g/mol. The summed E-state index contributed by atoms with van der Waals surface area (Å²) in [5, 5.41) is 2.65. The number of aromatic nitrogens is 1. The highest BCUT2D eigenvalue weighted by molar-refractivity contribution is 7.89. The van der Waals surface area contributed by atoms with E-state index in [1.807, 2.05) is 0 Å². The second-order valence-corrected chi connectivity index (χ2v) is 7.60. The zero-order chi connectivity index (χ0) is 17.9. The molecule has 0 saturated heterocycles. The summed E-state index contributed by atoms with van der Waals surface area (Å²) < 4.78 is 26.5. The van der Waals surface area contributed by atoms with Gasteiger partial charge in [0.15, 0.2) is 0 Å². The van der Waals surface area contributed by atoms with E-state index in [1.165, 1.54) is 42.9 Å². The Morgan fingerprint density at radius 2 is 1.79 bits per heavy atom. The van der Waals surface area contributed by atoms with Gasteiger partial charge in [0.25, 0.3) is 11.5 Å². The molecule has 0 radical (unpaired) electrons. The largest absolute Gasteiger partial charge is 0.348 e. The van der Waals surface area contributed by atoms with E-state index in [2.05, 4.69) is 5.32 Å². The standard InChI is InChI=1S/C16H19N3O4S/c1-18(2)24(22,23)14-8-6-12(7-9-14)15(20)17-11-13-5-4-10-19(3)16(13)21/h4-10H,11H2,1-3H3,(H,17,20). The highest BCUT2D eigenvalue weighted by atomic mass is 32.2. The maximum absolute atomic E-state index is 12.1. The van der Waals surface area contributed by atoms with Crippen LogP contribution in [0.5, 0.6) is 0 Å². The fourth-order valence-corrected chi connectivity index (χ4v) is 2.96. The van der Waals surface area contributed by atoms with Gasteiger partial charge in [-0.05, 0) is 30.3 Å². The first-order valence-corrected chi connectivity index (χ1v) is 8.63. The third-order valence-electron chi connectivity index (χ3n) is 3.54. The van der Waals surface area contributed by atoms with Crippen molar-refractivity contribution in [1.29, 1.82) is 0 Å². The summed E-state index contributed by atoms with van der Waals surface area (Å²) >= 11 is 0. The normalized spacial score (nSPS) is 11.5. The van der Waals surface area contributed by atoms with E-state index in [1.54, 1.807) is 25.4 Å². The number of hydrogen-bond acceptors (Lipinski definition) is 4. The zero-order valence-electron chi connectivity index (χ0n) is 13.7. The lowest BCUT2D eigenvalue weighted by Gasteiger charge is -2.11. The molecule has 0 aliphatic carbocycles. The lowest BCUT2D eigenvalue weighted by atomic mass is 10.2. The number of benzene rings is 1. The summed E-state index contributed by atoms with van der Waals surface area (Å²) in [4.78, 5) is 24.1. The maximum Gasteiger partial charge on any atom is 0.255 e. The van der Waals surface area contributed by atoms with Gasteiger partial charge in [-0.15, -0.1) is 0 Å². The molecule has 1 heterocycles. The molecule has 24 heavy (non-hydrogen) atoms. The predicted molar refractivity (Wildman–Crippen MR) is 90.2 cm³/mol. The van der Waals surface area contributed by atoms with Gasteiger partial charge in [0.05, 0.1) is 4.90 Å². The first-order chi connectivity index (χ1) is 11.2. The fourth-order valence-electron chi connectivity index (χ4n) is 2.05. The van der Waals surface area contributed by atoms with Crippen LogP contribution in [0, 0.1) is 0 Å². The number of carbonyl (C=O) groups is 1. The molecule has 0 aliphatic rings. The van der Waals surface area contributed by atoms with Crippen LogP contribution in [0.2, 0.25) is 0 Å². The van der Waals surface area contributed by atoms with Crippen LogP contribution in [0.4, 0.5) is 0 Å². The fraction of sp³-hybridized carbons (Fsp3) is 0.250. The van der Waals surface area contributed by atoms with Gasteiger partial charge < -0.3 is 9.88 Å². The third-order valence-corrected chi connectivity index (χ3v) is 5.37. The average Bonchev–Trinajstić information content (AvgIpc) is 2.56. The molecule has 8 heteroatoms. The smallest absolute Gasteiger partial charge is 0.255 e. The van der Waals surface area contributed by atoms with Crippen LogP contribution in [0.1, 0.15) is 15.9 Å². The minimum absolute atomic E-state index is 0.101. The molecule has 2 aromatic rings. The predicted octanol–water partition coefficient (Wildman–Crippen LogP) is 0.566. The van der Waals surface area contributed by atoms with E-state index in [9.17, 15) is 18.0 Å². The minimum Gasteiger partial charge on any atom is -0.348 e. The summed E-state index contributed by atoms with van der Waals surface area (Å²) in [7, 11) is 0.991. The lowest BCUT2D eigenvalue weighted by molar-refractivity contribution is 0.0950. The van der Waals surface area contributed by atoms with Crippen molar-refractivity contribution in [2.75, 3.05) is 14.1 Å². The van der Waals surface area contributed by atoms with Crippen molar-refractivity contribution in [3.8, 4) is 0 Å². The van der Waals surface area contributed by atoms with Gasteiger partial charge in [0, 0.05) is 45.0 Å². The number of aryl methyl sites for hydroxylation is 1. The van der Waals surface area contributed by atoms with Crippen LogP contribution in [0.3, 0.4) is 0 Å². The van der Waals surface area contributed by atoms with Crippen molar-refractivity contribution in [3.05, 3.63) is 64.1 Å². The SMILES string of the molecule is CN(C)S(=O)(=O)c1ccc(C(=O)NCc2cccn(C)c2=O)cc1. The molecular formula is C16H19N3O4S. The van der Waals surface area contributed by atoms with Gasteiger partial charge in [0.1, 0.15) is 0 Å². The van der Waals surface area contributed by atoms with Crippen LogP contribution in [0.15, 0.2) is 52.3 Å². The Hall–Kier alpha value is -2.45. The molecule has 7 nitrogen and oxygen atoms in total. The Balaban J connectivity index is 2.11. The summed E-state index contributed by atoms with van der Waals surface area (Å²) in [6, 6.07) is 9.01. The first kappa shape index (κ1) is 17.9. The van der Waals surface area contributed by atoms with Crippen molar-refractivity contribution in [1.82, 2.24) is 14.2 Å². The van der Waals surface area contributed by atoms with E-state index >= 15 is 0 Å². The molecule has 0 saturated carbocycles. The molecule has 0 atom stereocenters. The van der Waals surface area contributed by atoms with Gasteiger partial charge in [-0.1, -0.05) is 6.07 Å². The van der Waals surface area contributed by atoms with Crippen molar-refractivity contribution in [3.63, 3.8) is 0 Å². The van der Waals surface area contributed by atoms with Crippen molar-refractivity contribution >= 4 is 15.9 Å². The third kappa shape index (κ3) is 3.72. The molecule has 128 valence electrons. The Labute approximate surface area is 140 Å². The first-order valence-electron chi connectivity index (χ1n) is 7.19.